The number of unbranched alkanes of at least 4 members (excludes halogenated alkanes) is 29. The van der Waals surface area contributed by atoms with E-state index in [9.17, 15) is 19.5 Å². The molecule has 0 heterocycles. The number of quaternary nitrogens is 1. The zero-order valence-corrected chi connectivity index (χ0v) is 39.0. The van der Waals surface area contributed by atoms with Crippen molar-refractivity contribution in [3.05, 3.63) is 12.2 Å². The Morgan fingerprint density at radius 3 is 1.24 bits per heavy atom. The Balaban J connectivity index is 4.25. The van der Waals surface area contributed by atoms with Crippen molar-refractivity contribution in [2.45, 2.75) is 251 Å². The van der Waals surface area contributed by atoms with Gasteiger partial charge in [-0.05, 0) is 38.5 Å². The molecule has 0 rings (SSSR count). The largest absolute Gasteiger partial charge is 0.477 e. The molecule has 0 aromatic heterocycles. The van der Waals surface area contributed by atoms with Gasteiger partial charge in [-0.1, -0.05) is 193 Å². The summed E-state index contributed by atoms with van der Waals surface area (Å²) in [5.74, 6) is -1.45. The number of rotatable bonds is 45. The predicted molar refractivity (Wildman–Crippen MR) is 243 cm³/mol. The van der Waals surface area contributed by atoms with Crippen LogP contribution in [0.4, 0.5) is 0 Å². The number of nitrogens with zero attached hydrogens (tertiary/aromatic N) is 1. The Bertz CT molecular complexity index is 962. The number of esters is 2. The molecule has 342 valence electrons. The maximum atomic E-state index is 12.8. The van der Waals surface area contributed by atoms with Gasteiger partial charge in [-0.15, -0.1) is 0 Å². The Kier molecular flexibility index (Phi) is 40.4. The molecule has 0 saturated carbocycles. The smallest absolute Gasteiger partial charge is 0.362 e. The van der Waals surface area contributed by atoms with E-state index in [-0.39, 0.29) is 36.2 Å². The van der Waals surface area contributed by atoms with Gasteiger partial charge >= 0.3 is 17.9 Å². The van der Waals surface area contributed by atoms with Crippen LogP contribution in [0.2, 0.25) is 0 Å². The first kappa shape index (κ1) is 56.1. The summed E-state index contributed by atoms with van der Waals surface area (Å²) in [7, 11) is 5.54. The van der Waals surface area contributed by atoms with Crippen molar-refractivity contribution < 1.29 is 38.2 Å². The molecule has 0 aliphatic carbocycles. The highest BCUT2D eigenvalue weighted by Gasteiger charge is 2.31. The third-order valence-electron chi connectivity index (χ3n) is 11.4. The van der Waals surface area contributed by atoms with Crippen LogP contribution in [0, 0.1) is 0 Å². The number of ether oxygens (including phenoxy) is 3. The molecule has 0 aromatic rings. The molecule has 0 radical (unpaired) electrons. The van der Waals surface area contributed by atoms with Crippen molar-refractivity contribution in [1.29, 1.82) is 0 Å². The first-order valence-electron chi connectivity index (χ1n) is 24.7. The molecule has 2 atom stereocenters. The van der Waals surface area contributed by atoms with Crippen molar-refractivity contribution in [3.63, 3.8) is 0 Å². The van der Waals surface area contributed by atoms with E-state index in [1.807, 2.05) is 21.1 Å². The molecule has 0 fully saturated rings. The number of allylic oxidation sites excluding steroid dienone is 2. The van der Waals surface area contributed by atoms with E-state index in [2.05, 4.69) is 26.0 Å². The Morgan fingerprint density at radius 1 is 0.500 bits per heavy atom. The second kappa shape index (κ2) is 41.8. The molecule has 8 heteroatoms. The summed E-state index contributed by atoms with van der Waals surface area (Å²) >= 11 is 0. The second-order valence-corrected chi connectivity index (χ2v) is 18.1. The number of carbonyl (C=O) groups is 3. The van der Waals surface area contributed by atoms with Crippen molar-refractivity contribution in [3.8, 4) is 0 Å². The standard InChI is InChI=1S/C50H95NO7/c1-6-8-10-12-14-16-18-20-22-24-26-28-30-32-34-36-38-40-48(52)57-45-46(44-56-43-42-47(50(54)55)51(3,4)5)58-49(53)41-39-37-35-33-31-29-27-25-23-21-19-17-15-13-11-9-7-2/h20,22,46-47H,6-19,21,23-45H2,1-5H3/p+1/b22-20+. The summed E-state index contributed by atoms with van der Waals surface area (Å²) in [6, 6.07) is -0.611. The highest BCUT2D eigenvalue weighted by molar-refractivity contribution is 5.72. The van der Waals surface area contributed by atoms with Gasteiger partial charge in [-0.3, -0.25) is 9.59 Å². The highest BCUT2D eigenvalue weighted by atomic mass is 16.6. The van der Waals surface area contributed by atoms with Gasteiger partial charge < -0.3 is 23.8 Å². The monoisotopic (exact) mass is 823 g/mol. The first-order chi connectivity index (χ1) is 28.1. The second-order valence-electron chi connectivity index (χ2n) is 18.1. The third-order valence-corrected chi connectivity index (χ3v) is 11.4. The minimum Gasteiger partial charge on any atom is -0.477 e. The van der Waals surface area contributed by atoms with E-state index in [0.717, 1.165) is 38.5 Å². The normalized spacial score (nSPS) is 12.9. The summed E-state index contributed by atoms with van der Waals surface area (Å²) < 4.78 is 17.3. The first-order valence-corrected chi connectivity index (χ1v) is 24.7. The van der Waals surface area contributed by atoms with E-state index in [1.165, 1.54) is 167 Å². The Labute approximate surface area is 359 Å². The number of hydrogen-bond donors (Lipinski definition) is 1. The lowest BCUT2D eigenvalue weighted by Crippen LogP contribution is -2.50. The Morgan fingerprint density at radius 2 is 0.862 bits per heavy atom. The van der Waals surface area contributed by atoms with Gasteiger partial charge in [0.1, 0.15) is 6.61 Å². The number of hydrogen-bond acceptors (Lipinski definition) is 6. The van der Waals surface area contributed by atoms with Crippen LogP contribution in [0.25, 0.3) is 0 Å². The number of carboxylic acid groups (broad SMARTS) is 1. The molecule has 8 nitrogen and oxygen atoms in total. The van der Waals surface area contributed by atoms with Gasteiger partial charge in [-0.25, -0.2) is 4.79 Å². The van der Waals surface area contributed by atoms with Crippen LogP contribution in [0.3, 0.4) is 0 Å². The lowest BCUT2D eigenvalue weighted by Gasteiger charge is -2.31. The highest BCUT2D eigenvalue weighted by Crippen LogP contribution is 2.16. The van der Waals surface area contributed by atoms with Crippen molar-refractivity contribution in [2.24, 2.45) is 0 Å². The molecule has 0 aromatic carbocycles. The Hall–Kier alpha value is -1.93. The SMILES string of the molecule is CCCCCCCC/C=C/CCCCCCCCCC(=O)OCC(COCCC(C(=O)O)[N+](C)(C)C)OC(=O)CCCCCCCCCCCCCCCCCCC. The lowest BCUT2D eigenvalue weighted by atomic mass is 10.0. The van der Waals surface area contributed by atoms with E-state index >= 15 is 0 Å². The lowest BCUT2D eigenvalue weighted by molar-refractivity contribution is -0.887. The van der Waals surface area contributed by atoms with Crippen LogP contribution in [0.1, 0.15) is 239 Å². The zero-order valence-electron chi connectivity index (χ0n) is 39.0. The number of likely N-dealkylation sites (N-methyl/N-ethyl adjacent to an activating group) is 1. The van der Waals surface area contributed by atoms with E-state index in [1.54, 1.807) is 0 Å². The molecule has 58 heavy (non-hydrogen) atoms. The maximum absolute atomic E-state index is 12.8. The summed E-state index contributed by atoms with van der Waals surface area (Å²) in [6.07, 6.45) is 45.3. The van der Waals surface area contributed by atoms with E-state index in [0.29, 0.717) is 19.3 Å². The fourth-order valence-corrected chi connectivity index (χ4v) is 7.56. The van der Waals surface area contributed by atoms with E-state index in [4.69, 9.17) is 14.2 Å². The fraction of sp³-hybridized carbons (Fsp3) is 0.900. The number of aliphatic carboxylic acids is 1. The van der Waals surface area contributed by atoms with Crippen molar-refractivity contribution in [1.82, 2.24) is 0 Å². The molecule has 1 N–H and O–H groups in total. The number of carboxylic acids is 1. The third kappa shape index (κ3) is 39.5. The average Bonchev–Trinajstić information content (AvgIpc) is 3.18. The summed E-state index contributed by atoms with van der Waals surface area (Å²) in [4.78, 5) is 37.1. The summed E-state index contributed by atoms with van der Waals surface area (Å²) in [5, 5.41) is 9.64. The predicted octanol–water partition coefficient (Wildman–Crippen LogP) is 13.9. The zero-order chi connectivity index (χ0) is 42.8. The average molecular weight is 823 g/mol. The van der Waals surface area contributed by atoms with Crippen LogP contribution in [0.5, 0.6) is 0 Å². The van der Waals surface area contributed by atoms with Gasteiger partial charge in [0.2, 0.25) is 0 Å². The van der Waals surface area contributed by atoms with Crippen LogP contribution in [-0.4, -0.2) is 80.6 Å². The molecule has 0 aliphatic heterocycles. The maximum Gasteiger partial charge on any atom is 0.362 e. The van der Waals surface area contributed by atoms with Gasteiger partial charge in [0, 0.05) is 19.3 Å². The quantitative estimate of drug-likeness (QED) is 0.0283. The minimum atomic E-state index is -0.871. The fourth-order valence-electron chi connectivity index (χ4n) is 7.56. The topological polar surface area (TPSA) is 99.1 Å². The molecule has 0 bridgehead atoms. The van der Waals surface area contributed by atoms with Gasteiger partial charge in [0.15, 0.2) is 12.1 Å². The number of carbonyl (C=O) groups excluding carboxylic acids is 2. The van der Waals surface area contributed by atoms with Crippen LogP contribution in [0.15, 0.2) is 12.2 Å². The van der Waals surface area contributed by atoms with Crippen LogP contribution < -0.4 is 0 Å². The molecule has 0 saturated heterocycles. The molecule has 0 amide bonds. The van der Waals surface area contributed by atoms with E-state index < -0.39 is 18.1 Å². The van der Waals surface area contributed by atoms with Crippen molar-refractivity contribution >= 4 is 17.9 Å². The molecule has 0 aliphatic rings. The summed E-state index contributed by atoms with van der Waals surface area (Å²) in [5.41, 5.74) is 0. The van der Waals surface area contributed by atoms with Gasteiger partial charge in [-0.2, -0.15) is 0 Å². The van der Waals surface area contributed by atoms with Gasteiger partial charge in [0.05, 0.1) is 34.4 Å². The molecular weight excluding hydrogens is 727 g/mol. The van der Waals surface area contributed by atoms with Gasteiger partial charge in [0.25, 0.3) is 0 Å². The minimum absolute atomic E-state index is 0.0469. The molecule has 0 spiro atoms. The molecular formula is C50H96NO7+. The summed E-state index contributed by atoms with van der Waals surface area (Å²) in [6.45, 7) is 4.77. The van der Waals surface area contributed by atoms with Crippen LogP contribution >= 0.6 is 0 Å². The van der Waals surface area contributed by atoms with Crippen LogP contribution in [-0.2, 0) is 28.6 Å². The van der Waals surface area contributed by atoms with Crippen molar-refractivity contribution in [2.75, 3.05) is 41.0 Å². The molecule has 2 unspecified atom stereocenters.